The number of carbonyl (C=O) groups excluding carboxylic acids is 1. The van der Waals surface area contributed by atoms with Gasteiger partial charge in [-0.3, -0.25) is 4.79 Å². The number of ether oxygens (including phenoxy) is 4. The molecular formula is C15H24O6. The Morgan fingerprint density at radius 1 is 1.38 bits per heavy atom. The molecule has 0 saturated carbocycles. The second-order valence-corrected chi connectivity index (χ2v) is 5.24. The van der Waals surface area contributed by atoms with E-state index in [1.54, 1.807) is 0 Å². The van der Waals surface area contributed by atoms with Crippen molar-refractivity contribution in [2.45, 2.75) is 45.9 Å². The van der Waals surface area contributed by atoms with Gasteiger partial charge in [0.2, 0.25) is 0 Å². The molecule has 2 unspecified atom stereocenters. The van der Waals surface area contributed by atoms with E-state index in [9.17, 15) is 9.90 Å². The Hall–Kier alpha value is -0.950. The molecule has 2 rings (SSSR count). The third kappa shape index (κ3) is 3.63. The van der Waals surface area contributed by atoms with Crippen molar-refractivity contribution >= 4 is 5.97 Å². The van der Waals surface area contributed by atoms with Gasteiger partial charge in [0, 0.05) is 38.4 Å². The van der Waals surface area contributed by atoms with E-state index in [0.717, 1.165) is 5.57 Å². The molecule has 0 aromatic rings. The molecule has 0 spiro atoms. The van der Waals surface area contributed by atoms with E-state index in [0.29, 0.717) is 19.6 Å². The van der Waals surface area contributed by atoms with E-state index >= 15 is 0 Å². The van der Waals surface area contributed by atoms with Crippen LogP contribution in [-0.2, 0) is 23.7 Å². The van der Waals surface area contributed by atoms with Crippen LogP contribution in [0.4, 0.5) is 0 Å². The lowest BCUT2D eigenvalue weighted by atomic mass is 9.84. The maximum Gasteiger partial charge on any atom is 0.303 e. The molecule has 5 atom stereocenters. The van der Waals surface area contributed by atoms with Gasteiger partial charge in [-0.1, -0.05) is 0 Å². The van der Waals surface area contributed by atoms with E-state index < -0.39 is 6.29 Å². The lowest BCUT2D eigenvalue weighted by molar-refractivity contribution is -0.294. The van der Waals surface area contributed by atoms with Gasteiger partial charge >= 0.3 is 5.97 Å². The van der Waals surface area contributed by atoms with Crippen LogP contribution in [0.2, 0.25) is 0 Å². The van der Waals surface area contributed by atoms with Crippen molar-refractivity contribution in [1.29, 1.82) is 0 Å². The van der Waals surface area contributed by atoms with Crippen molar-refractivity contribution in [1.82, 2.24) is 0 Å². The van der Waals surface area contributed by atoms with Gasteiger partial charge in [-0.05, 0) is 25.5 Å². The minimum Gasteiger partial charge on any atom is -0.458 e. The van der Waals surface area contributed by atoms with Gasteiger partial charge in [0.25, 0.3) is 0 Å². The summed E-state index contributed by atoms with van der Waals surface area (Å²) in [5.41, 5.74) is 0.805. The zero-order chi connectivity index (χ0) is 15.4. The molecule has 0 aromatic carbocycles. The molecule has 0 radical (unpaired) electrons. The number of hydrogen-bond donors (Lipinski definition) is 1. The number of carbonyl (C=O) groups is 1. The van der Waals surface area contributed by atoms with Crippen LogP contribution in [-0.4, -0.2) is 49.6 Å². The van der Waals surface area contributed by atoms with Crippen molar-refractivity contribution in [3.63, 3.8) is 0 Å². The van der Waals surface area contributed by atoms with Crippen molar-refractivity contribution in [3.05, 3.63) is 11.6 Å². The topological polar surface area (TPSA) is 74.2 Å². The fourth-order valence-corrected chi connectivity index (χ4v) is 3.17. The van der Waals surface area contributed by atoms with Crippen molar-refractivity contribution < 1.29 is 28.8 Å². The number of hydrogen-bond acceptors (Lipinski definition) is 6. The number of fused-ring (bicyclic) bond motifs is 1. The molecule has 1 aliphatic heterocycles. The van der Waals surface area contributed by atoms with E-state index in [2.05, 4.69) is 0 Å². The van der Waals surface area contributed by atoms with Crippen LogP contribution in [0.1, 0.15) is 27.2 Å². The Labute approximate surface area is 125 Å². The van der Waals surface area contributed by atoms with Gasteiger partial charge in [-0.2, -0.15) is 0 Å². The van der Waals surface area contributed by atoms with Gasteiger partial charge in [-0.25, -0.2) is 0 Å². The second kappa shape index (κ2) is 7.35. The monoisotopic (exact) mass is 300 g/mol. The van der Waals surface area contributed by atoms with Crippen molar-refractivity contribution in [2.75, 3.05) is 19.8 Å². The number of rotatable bonds is 6. The van der Waals surface area contributed by atoms with Crippen molar-refractivity contribution in [2.24, 2.45) is 11.8 Å². The third-order valence-electron chi connectivity index (χ3n) is 3.90. The SMILES string of the molecule is CCOC1C[C@H]2[C@H](OC(C)=O)C=C(CO)[C@H]2C(OCC)O1. The van der Waals surface area contributed by atoms with Crippen LogP contribution < -0.4 is 0 Å². The summed E-state index contributed by atoms with van der Waals surface area (Å²) in [7, 11) is 0. The molecule has 120 valence electrons. The van der Waals surface area contributed by atoms with E-state index in [1.165, 1.54) is 6.92 Å². The summed E-state index contributed by atoms with van der Waals surface area (Å²) in [4.78, 5) is 11.3. The zero-order valence-corrected chi connectivity index (χ0v) is 12.8. The Bertz CT molecular complexity index is 394. The molecule has 1 heterocycles. The Balaban J connectivity index is 2.19. The number of aliphatic hydroxyl groups excluding tert-OH is 1. The molecule has 1 N–H and O–H groups in total. The smallest absolute Gasteiger partial charge is 0.303 e. The van der Waals surface area contributed by atoms with Gasteiger partial charge in [0.15, 0.2) is 12.6 Å². The summed E-state index contributed by atoms with van der Waals surface area (Å²) in [6, 6.07) is 0. The van der Waals surface area contributed by atoms with Gasteiger partial charge in [0.05, 0.1) is 6.61 Å². The van der Waals surface area contributed by atoms with Crippen molar-refractivity contribution in [3.8, 4) is 0 Å². The summed E-state index contributed by atoms with van der Waals surface area (Å²) in [5.74, 6) is -0.421. The third-order valence-corrected chi connectivity index (χ3v) is 3.90. The molecule has 0 amide bonds. The maximum atomic E-state index is 11.3. The maximum absolute atomic E-state index is 11.3. The highest BCUT2D eigenvalue weighted by atomic mass is 16.8. The molecule has 21 heavy (non-hydrogen) atoms. The van der Waals surface area contributed by atoms with Gasteiger partial charge < -0.3 is 24.1 Å². The molecule has 0 bridgehead atoms. The van der Waals surface area contributed by atoms with E-state index in [4.69, 9.17) is 18.9 Å². The zero-order valence-electron chi connectivity index (χ0n) is 12.8. The lowest BCUT2D eigenvalue weighted by Crippen LogP contribution is -2.46. The van der Waals surface area contributed by atoms with E-state index in [-0.39, 0.29) is 36.8 Å². The normalized spacial score (nSPS) is 35.2. The highest BCUT2D eigenvalue weighted by Crippen LogP contribution is 2.44. The Morgan fingerprint density at radius 2 is 2.10 bits per heavy atom. The first-order valence-corrected chi connectivity index (χ1v) is 7.48. The van der Waals surface area contributed by atoms with Crippen LogP contribution in [0.3, 0.4) is 0 Å². The summed E-state index contributed by atoms with van der Waals surface area (Å²) < 4.78 is 22.4. The second-order valence-electron chi connectivity index (χ2n) is 5.24. The molecule has 6 nitrogen and oxygen atoms in total. The predicted octanol–water partition coefficient (Wildman–Crippen LogP) is 1.23. The van der Waals surface area contributed by atoms with Gasteiger partial charge in [0.1, 0.15) is 6.10 Å². The average molecular weight is 300 g/mol. The Kier molecular flexibility index (Phi) is 5.75. The summed E-state index contributed by atoms with van der Waals surface area (Å²) in [5, 5.41) is 9.56. The first kappa shape index (κ1) is 16.4. The van der Waals surface area contributed by atoms with Crippen LogP contribution in [0.5, 0.6) is 0 Å². The molecular weight excluding hydrogens is 276 g/mol. The number of aliphatic hydroxyl groups is 1. The Morgan fingerprint density at radius 3 is 2.67 bits per heavy atom. The highest BCUT2D eigenvalue weighted by molar-refractivity contribution is 5.66. The lowest BCUT2D eigenvalue weighted by Gasteiger charge is -2.40. The number of esters is 1. The molecule has 6 heteroatoms. The first-order valence-electron chi connectivity index (χ1n) is 7.48. The highest BCUT2D eigenvalue weighted by Gasteiger charge is 2.49. The summed E-state index contributed by atoms with van der Waals surface area (Å²) in [6.45, 7) is 6.14. The fraction of sp³-hybridized carbons (Fsp3) is 0.800. The minimum absolute atomic E-state index is 0.0119. The molecule has 2 aliphatic rings. The fourth-order valence-electron chi connectivity index (χ4n) is 3.17. The molecule has 0 aromatic heterocycles. The molecule has 1 saturated heterocycles. The molecule has 1 aliphatic carbocycles. The van der Waals surface area contributed by atoms with Crippen LogP contribution in [0.25, 0.3) is 0 Å². The standard InChI is InChI=1S/C15H24O6/c1-4-18-13-7-11-12(20-9(3)17)6-10(8-16)14(11)15(21-13)19-5-2/h6,11-16H,4-5,7-8H2,1-3H3/t11-,12+,13?,14+,15?/m0/s1. The summed E-state index contributed by atoms with van der Waals surface area (Å²) in [6.07, 6.45) is 1.21. The van der Waals surface area contributed by atoms with Gasteiger partial charge in [-0.15, -0.1) is 0 Å². The van der Waals surface area contributed by atoms with Crippen LogP contribution >= 0.6 is 0 Å². The predicted molar refractivity (Wildman–Crippen MR) is 74.2 cm³/mol. The van der Waals surface area contributed by atoms with Crippen LogP contribution in [0, 0.1) is 11.8 Å². The average Bonchev–Trinajstić information content (AvgIpc) is 2.77. The molecule has 1 fully saturated rings. The minimum atomic E-state index is -0.482. The van der Waals surface area contributed by atoms with E-state index in [1.807, 2.05) is 19.9 Å². The largest absolute Gasteiger partial charge is 0.458 e. The summed E-state index contributed by atoms with van der Waals surface area (Å²) >= 11 is 0. The quantitative estimate of drug-likeness (QED) is 0.587. The first-order chi connectivity index (χ1) is 10.1. The van der Waals surface area contributed by atoms with Crippen LogP contribution in [0.15, 0.2) is 11.6 Å².